The van der Waals surface area contributed by atoms with Crippen LogP contribution in [0, 0.1) is 0 Å². The molecule has 0 aromatic heterocycles. The van der Waals surface area contributed by atoms with Gasteiger partial charge in [-0.1, -0.05) is 11.5 Å². The van der Waals surface area contributed by atoms with E-state index in [4.69, 9.17) is 12.6 Å². The molecule has 0 saturated carbocycles. The van der Waals surface area contributed by atoms with Crippen LogP contribution in [-0.2, 0) is 5.92 Å². The predicted molar refractivity (Wildman–Crippen MR) is 41.2 cm³/mol. The van der Waals surface area contributed by atoms with Crippen molar-refractivity contribution in [2.24, 2.45) is 0 Å². The van der Waals surface area contributed by atoms with E-state index in [0.717, 1.165) is 0 Å². The molecule has 0 fully saturated rings. The molecule has 0 amide bonds. The summed E-state index contributed by atoms with van der Waals surface area (Å²) in [6.07, 6.45) is 0. The number of benzene rings is 1. The summed E-state index contributed by atoms with van der Waals surface area (Å²) >= 11 is 0. The van der Waals surface area contributed by atoms with Crippen molar-refractivity contribution in [2.45, 2.75) is 5.92 Å². The first-order valence-electron chi connectivity index (χ1n) is 3.50. The van der Waals surface area contributed by atoms with Gasteiger partial charge in [-0.15, -0.1) is 0 Å². The minimum atomic E-state index is -2.86. The topological polar surface area (TPSA) is 9.23 Å². The van der Waals surface area contributed by atoms with E-state index >= 15 is 0 Å². The zero-order valence-electron chi connectivity index (χ0n) is 6.18. The summed E-state index contributed by atoms with van der Waals surface area (Å²) in [6.45, 7) is -0.578. The Morgan fingerprint density at radius 3 is 2.92 bits per heavy atom. The van der Waals surface area contributed by atoms with E-state index in [9.17, 15) is 8.78 Å². The molecule has 1 aliphatic rings. The quantitative estimate of drug-likeness (QED) is 0.521. The minimum Gasteiger partial charge on any atom is -0.486 e. The van der Waals surface area contributed by atoms with Crippen LogP contribution in [0.15, 0.2) is 18.2 Å². The van der Waals surface area contributed by atoms with E-state index in [0.29, 0.717) is 5.46 Å². The number of rotatable bonds is 0. The lowest BCUT2D eigenvalue weighted by Crippen LogP contribution is -2.14. The zero-order chi connectivity index (χ0) is 8.77. The molecule has 0 saturated heterocycles. The summed E-state index contributed by atoms with van der Waals surface area (Å²) in [4.78, 5) is 0. The highest BCUT2D eigenvalue weighted by molar-refractivity contribution is 6.32. The Morgan fingerprint density at radius 1 is 1.42 bits per heavy atom. The van der Waals surface area contributed by atoms with Crippen LogP contribution in [0.3, 0.4) is 0 Å². The lowest BCUT2D eigenvalue weighted by Gasteiger charge is -2.05. The number of fused-ring (bicyclic) bond motifs is 1. The van der Waals surface area contributed by atoms with E-state index in [1.807, 2.05) is 0 Å². The van der Waals surface area contributed by atoms with Gasteiger partial charge < -0.3 is 4.74 Å². The Kier molecular flexibility index (Phi) is 1.40. The molecule has 0 N–H and O–H groups in total. The number of alkyl halides is 2. The highest BCUT2D eigenvalue weighted by Crippen LogP contribution is 2.40. The fourth-order valence-electron chi connectivity index (χ4n) is 1.21. The molecule has 2 rings (SSSR count). The van der Waals surface area contributed by atoms with Crippen molar-refractivity contribution in [1.82, 2.24) is 0 Å². The third-order valence-corrected chi connectivity index (χ3v) is 1.81. The summed E-state index contributed by atoms with van der Waals surface area (Å²) in [5, 5.41) is 0. The van der Waals surface area contributed by atoms with Crippen molar-refractivity contribution in [1.29, 1.82) is 0 Å². The van der Waals surface area contributed by atoms with Crippen LogP contribution in [0.5, 0.6) is 5.75 Å². The van der Waals surface area contributed by atoms with Gasteiger partial charge in [-0.25, -0.2) is 0 Å². The monoisotopic (exact) mass is 166 g/mol. The molecule has 0 unspecified atom stereocenters. The summed E-state index contributed by atoms with van der Waals surface area (Å²) in [7, 11) is 5.39. The fourth-order valence-corrected chi connectivity index (χ4v) is 1.21. The molecule has 4 heteroatoms. The van der Waals surface area contributed by atoms with Crippen LogP contribution in [0.4, 0.5) is 8.78 Å². The molecule has 1 aliphatic heterocycles. The van der Waals surface area contributed by atoms with Crippen LogP contribution in [0.2, 0.25) is 0 Å². The summed E-state index contributed by atoms with van der Waals surface area (Å²) in [5.41, 5.74) is 0.364. The van der Waals surface area contributed by atoms with Gasteiger partial charge in [-0.3, -0.25) is 0 Å². The fraction of sp³-hybridized carbons (Fsp3) is 0.250. The molecule has 1 nitrogen and oxygen atoms in total. The first kappa shape index (κ1) is 7.59. The number of ether oxygens (including phenoxy) is 1. The molecule has 1 aromatic rings. The van der Waals surface area contributed by atoms with Crippen LogP contribution < -0.4 is 10.2 Å². The summed E-state index contributed by atoms with van der Waals surface area (Å²) in [6, 6.07) is 4.16. The Bertz CT molecular complexity index is 325. The van der Waals surface area contributed by atoms with Crippen LogP contribution in [-0.4, -0.2) is 14.5 Å². The molecule has 1 heterocycles. The first-order chi connectivity index (χ1) is 5.59. The number of halogens is 2. The molecule has 2 radical (unpaired) electrons. The lowest BCUT2D eigenvalue weighted by molar-refractivity contribution is -0.0213. The van der Waals surface area contributed by atoms with Gasteiger partial charge in [0.05, 0.1) is 5.56 Å². The van der Waals surface area contributed by atoms with Crippen molar-refractivity contribution in [3.8, 4) is 5.75 Å². The van der Waals surface area contributed by atoms with Crippen LogP contribution in [0.25, 0.3) is 0 Å². The second-order valence-electron chi connectivity index (χ2n) is 2.75. The van der Waals surface area contributed by atoms with Crippen molar-refractivity contribution < 1.29 is 13.5 Å². The zero-order valence-corrected chi connectivity index (χ0v) is 6.18. The van der Waals surface area contributed by atoms with Gasteiger partial charge in [0.2, 0.25) is 0 Å². The van der Waals surface area contributed by atoms with Gasteiger partial charge in [0.15, 0.2) is 6.61 Å². The third kappa shape index (κ3) is 0.985. The molecular weight excluding hydrogens is 161 g/mol. The predicted octanol–water partition coefficient (Wildman–Crippen LogP) is 0.965. The second kappa shape index (κ2) is 2.22. The summed E-state index contributed by atoms with van der Waals surface area (Å²) in [5.74, 6) is -2.66. The molecule has 12 heavy (non-hydrogen) atoms. The highest BCUT2D eigenvalue weighted by atomic mass is 19.3. The van der Waals surface area contributed by atoms with Crippen molar-refractivity contribution >= 4 is 13.3 Å². The average molecular weight is 166 g/mol. The molecule has 0 bridgehead atoms. The van der Waals surface area contributed by atoms with Crippen molar-refractivity contribution in [3.63, 3.8) is 0 Å². The van der Waals surface area contributed by atoms with Crippen LogP contribution in [0.1, 0.15) is 5.56 Å². The van der Waals surface area contributed by atoms with E-state index in [1.54, 1.807) is 0 Å². The maximum absolute atomic E-state index is 12.9. The molecule has 1 aromatic carbocycles. The van der Waals surface area contributed by atoms with Crippen molar-refractivity contribution in [2.75, 3.05) is 6.61 Å². The maximum atomic E-state index is 12.9. The largest absolute Gasteiger partial charge is 0.486 e. The van der Waals surface area contributed by atoms with E-state index in [2.05, 4.69) is 0 Å². The molecule has 0 atom stereocenters. The van der Waals surface area contributed by atoms with E-state index in [1.165, 1.54) is 18.2 Å². The minimum absolute atomic E-state index is 0.0725. The third-order valence-electron chi connectivity index (χ3n) is 1.81. The second-order valence-corrected chi connectivity index (χ2v) is 2.75. The average Bonchev–Trinajstić information content (AvgIpc) is 2.27. The SMILES string of the molecule is [B]c1ccc2c(c1)OCC2(F)F. The number of hydrogen-bond acceptors (Lipinski definition) is 1. The molecule has 0 spiro atoms. The Hall–Kier alpha value is -1.06. The van der Waals surface area contributed by atoms with Gasteiger partial charge in [0.1, 0.15) is 13.6 Å². The van der Waals surface area contributed by atoms with E-state index in [-0.39, 0.29) is 11.3 Å². The van der Waals surface area contributed by atoms with Gasteiger partial charge in [-0.05, 0) is 12.1 Å². The molecular formula is C8H5BF2O. The Balaban J connectivity index is 2.55. The van der Waals surface area contributed by atoms with Gasteiger partial charge in [-0.2, -0.15) is 8.78 Å². The van der Waals surface area contributed by atoms with Crippen LogP contribution >= 0.6 is 0 Å². The number of hydrogen-bond donors (Lipinski definition) is 0. The van der Waals surface area contributed by atoms with Gasteiger partial charge >= 0.3 is 5.92 Å². The van der Waals surface area contributed by atoms with Gasteiger partial charge in [0.25, 0.3) is 0 Å². The smallest absolute Gasteiger partial charge is 0.310 e. The standard InChI is InChI=1S/C8H5BF2O/c9-5-1-2-6-7(3-5)12-4-8(6,10)11/h1-3H,4H2. The lowest BCUT2D eigenvalue weighted by atomic mass is 9.94. The first-order valence-corrected chi connectivity index (χ1v) is 3.50. The van der Waals surface area contributed by atoms with Crippen molar-refractivity contribution in [3.05, 3.63) is 23.8 Å². The Labute approximate surface area is 69.8 Å². The maximum Gasteiger partial charge on any atom is 0.310 e. The summed E-state index contributed by atoms with van der Waals surface area (Å²) < 4.78 is 30.6. The Morgan fingerprint density at radius 2 is 2.17 bits per heavy atom. The van der Waals surface area contributed by atoms with E-state index < -0.39 is 12.5 Å². The normalized spacial score (nSPS) is 18.5. The molecule has 0 aliphatic carbocycles. The highest BCUT2D eigenvalue weighted by Gasteiger charge is 2.40. The van der Waals surface area contributed by atoms with Gasteiger partial charge in [0, 0.05) is 0 Å². The molecule has 60 valence electrons.